The van der Waals surface area contributed by atoms with E-state index in [1.807, 2.05) is 20.8 Å². The van der Waals surface area contributed by atoms with Crippen LogP contribution in [0.3, 0.4) is 0 Å². The fourth-order valence-corrected chi connectivity index (χ4v) is 2.65. The van der Waals surface area contributed by atoms with E-state index >= 15 is 0 Å². The van der Waals surface area contributed by atoms with Crippen molar-refractivity contribution in [2.24, 2.45) is 10.1 Å². The van der Waals surface area contributed by atoms with Crippen LogP contribution in [-0.2, 0) is 16.6 Å². The number of hydrogen-bond acceptors (Lipinski definition) is 5. The molecule has 0 aliphatic carbocycles. The molecule has 10 heteroatoms. The second-order valence-corrected chi connectivity index (χ2v) is 7.26. The predicted octanol–water partition coefficient (Wildman–Crippen LogP) is 0.722. The number of aromatic nitrogens is 1. The lowest BCUT2D eigenvalue weighted by Gasteiger charge is -2.10. The molecule has 0 aliphatic heterocycles. The largest absolute Gasteiger partial charge is 0.357 e. The number of rotatable bonds is 6. The maximum Gasteiger partial charge on any atom is 0.210 e. The summed E-state index contributed by atoms with van der Waals surface area (Å²) in [6, 6.07) is 0. The average molecular weight is 447 g/mol. The smallest absolute Gasteiger partial charge is 0.210 e. The molecule has 0 unspecified atom stereocenters. The molecule has 0 radical (unpaired) electrons. The molecule has 0 amide bonds. The minimum absolute atomic E-state index is 0. The van der Waals surface area contributed by atoms with Crippen molar-refractivity contribution in [2.75, 3.05) is 18.8 Å². The molecule has 0 spiro atoms. The number of halogens is 1. The highest BCUT2D eigenvalue weighted by molar-refractivity contribution is 14.0. The van der Waals surface area contributed by atoms with Crippen molar-refractivity contribution in [1.29, 1.82) is 0 Å². The Balaban J connectivity index is 0.00000400. The van der Waals surface area contributed by atoms with Crippen LogP contribution in [0.15, 0.2) is 4.99 Å². The van der Waals surface area contributed by atoms with E-state index in [9.17, 15) is 8.42 Å². The van der Waals surface area contributed by atoms with Gasteiger partial charge in [-0.1, -0.05) is 0 Å². The van der Waals surface area contributed by atoms with E-state index in [2.05, 4.69) is 20.6 Å². The molecule has 1 aromatic rings. The molecule has 0 saturated carbocycles. The van der Waals surface area contributed by atoms with E-state index in [4.69, 9.17) is 5.14 Å². The summed E-state index contributed by atoms with van der Waals surface area (Å²) >= 11 is 1.61. The number of hydrogen-bond donors (Lipinski definition) is 3. The van der Waals surface area contributed by atoms with Crippen LogP contribution < -0.4 is 15.8 Å². The van der Waals surface area contributed by atoms with Crippen molar-refractivity contribution >= 4 is 51.3 Å². The molecule has 1 rings (SSSR count). The van der Waals surface area contributed by atoms with Crippen molar-refractivity contribution < 1.29 is 8.42 Å². The fourth-order valence-electron chi connectivity index (χ4n) is 1.41. The van der Waals surface area contributed by atoms with E-state index in [1.165, 1.54) is 4.88 Å². The van der Waals surface area contributed by atoms with Crippen LogP contribution in [0.4, 0.5) is 0 Å². The minimum Gasteiger partial charge on any atom is -0.357 e. The molecular formula is C11H22IN5O2S2. The molecule has 1 heterocycles. The van der Waals surface area contributed by atoms with Crippen LogP contribution in [0.2, 0.25) is 0 Å². The molecule has 0 saturated heterocycles. The molecule has 4 N–H and O–H groups in total. The third kappa shape index (κ3) is 8.53. The number of aliphatic imine (C=N–C) groups is 1. The molecule has 0 fully saturated rings. The number of thiazole rings is 1. The normalized spacial score (nSPS) is 11.9. The van der Waals surface area contributed by atoms with Gasteiger partial charge in [-0.25, -0.2) is 23.5 Å². The van der Waals surface area contributed by atoms with E-state index in [0.29, 0.717) is 19.0 Å². The number of nitrogens with two attached hydrogens (primary N) is 1. The Labute approximate surface area is 146 Å². The van der Waals surface area contributed by atoms with Gasteiger partial charge in [0.25, 0.3) is 0 Å². The van der Waals surface area contributed by atoms with Crippen molar-refractivity contribution in [1.82, 2.24) is 15.6 Å². The molecule has 7 nitrogen and oxygen atoms in total. The molecule has 0 aliphatic rings. The van der Waals surface area contributed by atoms with Crippen molar-refractivity contribution in [3.8, 4) is 0 Å². The number of sulfonamides is 1. The van der Waals surface area contributed by atoms with Gasteiger partial charge in [0.2, 0.25) is 10.0 Å². The van der Waals surface area contributed by atoms with E-state index in [0.717, 1.165) is 10.7 Å². The minimum atomic E-state index is -3.46. The summed E-state index contributed by atoms with van der Waals surface area (Å²) in [5, 5.41) is 11.8. The molecule has 0 aromatic carbocycles. The standard InChI is InChI=1S/C11H21N5O2S2.HI/c1-4-13-11(14-5-6-20(12,17)18)15-7-10-16-8(2)9(3)19-10;/h4-7H2,1-3H3,(H2,12,17,18)(H2,13,14,15);1H. The maximum atomic E-state index is 10.9. The zero-order chi connectivity index (χ0) is 15.2. The van der Waals surface area contributed by atoms with Crippen molar-refractivity contribution in [3.63, 3.8) is 0 Å². The second-order valence-electron chi connectivity index (χ2n) is 4.24. The van der Waals surface area contributed by atoms with Crippen LogP contribution in [0, 0.1) is 13.8 Å². The highest BCUT2D eigenvalue weighted by Gasteiger charge is 2.05. The Kier molecular flexibility index (Phi) is 9.33. The maximum absolute atomic E-state index is 10.9. The lowest BCUT2D eigenvalue weighted by atomic mass is 10.4. The summed E-state index contributed by atoms with van der Waals surface area (Å²) in [5.74, 6) is 0.425. The predicted molar refractivity (Wildman–Crippen MR) is 97.8 cm³/mol. The first-order valence-corrected chi connectivity index (χ1v) is 8.80. The van der Waals surface area contributed by atoms with E-state index in [1.54, 1.807) is 11.3 Å². The van der Waals surface area contributed by atoms with Gasteiger partial charge in [-0.3, -0.25) is 0 Å². The third-order valence-electron chi connectivity index (χ3n) is 2.47. The number of nitrogens with zero attached hydrogens (tertiary/aromatic N) is 2. The van der Waals surface area contributed by atoms with Crippen molar-refractivity contribution in [2.45, 2.75) is 27.3 Å². The van der Waals surface area contributed by atoms with Crippen LogP contribution in [0.25, 0.3) is 0 Å². The summed E-state index contributed by atoms with van der Waals surface area (Å²) in [4.78, 5) is 9.95. The number of nitrogens with one attached hydrogen (secondary N) is 2. The quantitative estimate of drug-likeness (QED) is 0.338. The molecule has 0 bridgehead atoms. The lowest BCUT2D eigenvalue weighted by molar-refractivity contribution is 0.596. The van der Waals surface area contributed by atoms with Crippen LogP contribution in [0.1, 0.15) is 22.5 Å². The van der Waals surface area contributed by atoms with Gasteiger partial charge in [-0.2, -0.15) is 0 Å². The van der Waals surface area contributed by atoms with Gasteiger partial charge in [-0.15, -0.1) is 35.3 Å². The monoisotopic (exact) mass is 447 g/mol. The topological polar surface area (TPSA) is 109 Å². The zero-order valence-electron chi connectivity index (χ0n) is 12.3. The highest BCUT2D eigenvalue weighted by Crippen LogP contribution is 2.16. The lowest BCUT2D eigenvalue weighted by Crippen LogP contribution is -2.40. The Hall–Kier alpha value is -0.460. The molecule has 1 aromatic heterocycles. The average Bonchev–Trinajstić information content (AvgIpc) is 2.64. The van der Waals surface area contributed by atoms with Gasteiger partial charge in [0.05, 0.1) is 18.0 Å². The van der Waals surface area contributed by atoms with E-state index in [-0.39, 0.29) is 36.3 Å². The van der Waals surface area contributed by atoms with Crippen LogP contribution in [0.5, 0.6) is 0 Å². The van der Waals surface area contributed by atoms with Crippen LogP contribution >= 0.6 is 35.3 Å². The zero-order valence-corrected chi connectivity index (χ0v) is 16.3. The number of aryl methyl sites for hydroxylation is 2. The summed E-state index contributed by atoms with van der Waals surface area (Å²) < 4.78 is 21.7. The van der Waals surface area contributed by atoms with E-state index < -0.39 is 10.0 Å². The SMILES string of the molecule is CCNC(=NCc1nc(C)c(C)s1)NCCS(N)(=O)=O.I. The van der Waals surface area contributed by atoms with Gasteiger partial charge < -0.3 is 10.6 Å². The third-order valence-corrected chi connectivity index (χ3v) is 4.30. The van der Waals surface area contributed by atoms with Gasteiger partial charge in [0.15, 0.2) is 5.96 Å². The first kappa shape index (κ1) is 20.5. The molecule has 21 heavy (non-hydrogen) atoms. The number of primary sulfonamides is 1. The molecular weight excluding hydrogens is 425 g/mol. The highest BCUT2D eigenvalue weighted by atomic mass is 127. The first-order valence-electron chi connectivity index (χ1n) is 6.27. The second kappa shape index (κ2) is 9.54. The van der Waals surface area contributed by atoms with Crippen molar-refractivity contribution in [3.05, 3.63) is 15.6 Å². The first-order chi connectivity index (χ1) is 9.31. The fraction of sp³-hybridized carbons (Fsp3) is 0.636. The van der Waals surface area contributed by atoms with Crippen LogP contribution in [-0.4, -0.2) is 38.2 Å². The summed E-state index contributed by atoms with van der Waals surface area (Å²) in [6.07, 6.45) is 0. The van der Waals surface area contributed by atoms with Gasteiger partial charge >= 0.3 is 0 Å². The Morgan fingerprint density at radius 1 is 1.38 bits per heavy atom. The summed E-state index contributed by atoms with van der Waals surface area (Å²) in [5.41, 5.74) is 1.02. The molecule has 0 atom stereocenters. The Morgan fingerprint density at radius 3 is 2.52 bits per heavy atom. The van der Waals surface area contributed by atoms with Gasteiger partial charge in [0.1, 0.15) is 5.01 Å². The molecule has 122 valence electrons. The number of guanidine groups is 1. The van der Waals surface area contributed by atoms with Gasteiger partial charge in [-0.05, 0) is 20.8 Å². The summed E-state index contributed by atoms with van der Waals surface area (Å²) in [6.45, 7) is 7.31. The summed E-state index contributed by atoms with van der Waals surface area (Å²) in [7, 11) is -3.46. The Morgan fingerprint density at radius 2 is 2.05 bits per heavy atom. The van der Waals surface area contributed by atoms with Gasteiger partial charge in [0, 0.05) is 18.0 Å². The Bertz CT molecular complexity index is 552.